The normalized spacial score (nSPS) is 21.9. The molecule has 140 valence electrons. The lowest BCUT2D eigenvalue weighted by atomic mass is 9.80. The van der Waals surface area contributed by atoms with Crippen LogP contribution in [0.1, 0.15) is 32.1 Å². The molecular formula is C19H33N5O. The molecule has 25 heavy (non-hydrogen) atoms. The van der Waals surface area contributed by atoms with E-state index in [1.54, 1.807) is 0 Å². The van der Waals surface area contributed by atoms with Gasteiger partial charge in [0.05, 0.1) is 13.2 Å². The zero-order valence-electron chi connectivity index (χ0n) is 15.5. The number of guanidine groups is 1. The summed E-state index contributed by atoms with van der Waals surface area (Å²) < 4.78 is 7.75. The van der Waals surface area contributed by atoms with Crippen molar-refractivity contribution in [1.29, 1.82) is 0 Å². The summed E-state index contributed by atoms with van der Waals surface area (Å²) in [5, 5.41) is 7.05. The van der Waals surface area contributed by atoms with Crippen molar-refractivity contribution in [3.05, 3.63) is 24.5 Å². The van der Waals surface area contributed by atoms with Gasteiger partial charge in [-0.1, -0.05) is 19.3 Å². The number of aromatic nitrogens is 1. The Balaban J connectivity index is 1.51. The van der Waals surface area contributed by atoms with Crippen molar-refractivity contribution >= 4 is 5.96 Å². The summed E-state index contributed by atoms with van der Waals surface area (Å²) in [5.41, 5.74) is 0.264. The third-order valence-corrected chi connectivity index (χ3v) is 5.60. The van der Waals surface area contributed by atoms with Gasteiger partial charge in [0.1, 0.15) is 0 Å². The van der Waals surface area contributed by atoms with Gasteiger partial charge < -0.3 is 19.9 Å². The van der Waals surface area contributed by atoms with E-state index in [0.29, 0.717) is 0 Å². The summed E-state index contributed by atoms with van der Waals surface area (Å²) in [7, 11) is 1.85. The fourth-order valence-corrected chi connectivity index (χ4v) is 4.14. The van der Waals surface area contributed by atoms with Gasteiger partial charge in [-0.3, -0.25) is 9.89 Å². The first-order valence-corrected chi connectivity index (χ1v) is 9.70. The van der Waals surface area contributed by atoms with Gasteiger partial charge >= 0.3 is 0 Å². The second-order valence-corrected chi connectivity index (χ2v) is 7.16. The van der Waals surface area contributed by atoms with Crippen LogP contribution in [-0.4, -0.2) is 67.4 Å². The molecule has 0 amide bonds. The largest absolute Gasteiger partial charge is 0.379 e. The Morgan fingerprint density at radius 1 is 1.08 bits per heavy atom. The van der Waals surface area contributed by atoms with Crippen LogP contribution in [0.25, 0.3) is 0 Å². The number of hydrogen-bond donors (Lipinski definition) is 2. The Morgan fingerprint density at radius 3 is 2.48 bits per heavy atom. The van der Waals surface area contributed by atoms with Crippen molar-refractivity contribution in [3.63, 3.8) is 0 Å². The first-order chi connectivity index (χ1) is 12.3. The van der Waals surface area contributed by atoms with Gasteiger partial charge in [0.2, 0.25) is 0 Å². The van der Waals surface area contributed by atoms with E-state index in [4.69, 9.17) is 4.74 Å². The average Bonchev–Trinajstić information content (AvgIpc) is 3.19. The van der Waals surface area contributed by atoms with Crippen LogP contribution in [0.4, 0.5) is 0 Å². The van der Waals surface area contributed by atoms with E-state index in [2.05, 4.69) is 49.6 Å². The van der Waals surface area contributed by atoms with E-state index in [-0.39, 0.29) is 5.54 Å². The number of nitrogens with zero attached hydrogens (tertiary/aromatic N) is 3. The molecule has 2 N–H and O–H groups in total. The van der Waals surface area contributed by atoms with Crippen molar-refractivity contribution in [2.45, 2.75) is 44.2 Å². The van der Waals surface area contributed by atoms with Gasteiger partial charge in [-0.05, 0) is 25.0 Å². The van der Waals surface area contributed by atoms with Crippen molar-refractivity contribution in [2.75, 3.05) is 46.4 Å². The molecule has 6 heteroatoms. The Kier molecular flexibility index (Phi) is 6.76. The number of rotatable bonds is 6. The molecule has 1 aromatic heterocycles. The van der Waals surface area contributed by atoms with Crippen molar-refractivity contribution in [1.82, 2.24) is 20.1 Å². The summed E-state index contributed by atoms with van der Waals surface area (Å²) in [5.74, 6) is 0.908. The lowest BCUT2D eigenvalue weighted by Gasteiger charge is -2.48. The zero-order valence-corrected chi connectivity index (χ0v) is 15.5. The van der Waals surface area contributed by atoms with Crippen LogP contribution in [-0.2, 0) is 11.3 Å². The molecule has 2 aliphatic rings. The third kappa shape index (κ3) is 4.98. The van der Waals surface area contributed by atoms with Gasteiger partial charge in [-0.2, -0.15) is 0 Å². The molecule has 0 unspecified atom stereocenters. The monoisotopic (exact) mass is 347 g/mol. The number of morpholine rings is 1. The highest BCUT2D eigenvalue weighted by molar-refractivity contribution is 5.79. The maximum Gasteiger partial charge on any atom is 0.191 e. The quantitative estimate of drug-likeness (QED) is 0.607. The third-order valence-electron chi connectivity index (χ3n) is 5.60. The number of aliphatic imine (C=N–C) groups is 1. The average molecular weight is 348 g/mol. The molecule has 6 nitrogen and oxygen atoms in total. The molecule has 2 heterocycles. The van der Waals surface area contributed by atoms with Crippen molar-refractivity contribution in [2.24, 2.45) is 4.99 Å². The van der Waals surface area contributed by atoms with Gasteiger partial charge in [-0.15, -0.1) is 0 Å². The minimum Gasteiger partial charge on any atom is -0.379 e. The van der Waals surface area contributed by atoms with E-state index < -0.39 is 0 Å². The van der Waals surface area contributed by atoms with Crippen LogP contribution in [0, 0.1) is 0 Å². The molecule has 2 fully saturated rings. The topological polar surface area (TPSA) is 53.8 Å². The predicted molar refractivity (Wildman–Crippen MR) is 102 cm³/mol. The molecule has 3 rings (SSSR count). The highest BCUT2D eigenvalue weighted by atomic mass is 16.5. The second-order valence-electron chi connectivity index (χ2n) is 7.16. The summed E-state index contributed by atoms with van der Waals surface area (Å²) in [6.07, 6.45) is 10.8. The molecule has 0 radical (unpaired) electrons. The molecule has 1 saturated carbocycles. The predicted octanol–water partition coefficient (Wildman–Crippen LogP) is 1.69. The summed E-state index contributed by atoms with van der Waals surface area (Å²) >= 11 is 0. The standard InChI is InChI=1S/C19H33N5O/c1-20-18(21-9-12-23-10-5-6-11-23)22-17-19(7-3-2-4-8-19)24-13-15-25-16-14-24/h5-6,10-11H,2-4,7-9,12-17H2,1H3,(H2,20,21,22). The SMILES string of the molecule is CN=C(NCCn1cccc1)NCC1(N2CCOCC2)CCCCC1. The van der Waals surface area contributed by atoms with Crippen LogP contribution < -0.4 is 10.6 Å². The Hall–Kier alpha value is -1.53. The van der Waals surface area contributed by atoms with Gasteiger partial charge in [0.25, 0.3) is 0 Å². The van der Waals surface area contributed by atoms with E-state index in [1.807, 2.05) is 7.05 Å². The minimum absolute atomic E-state index is 0.264. The zero-order chi connectivity index (χ0) is 17.4. The van der Waals surface area contributed by atoms with Crippen LogP contribution in [0.15, 0.2) is 29.5 Å². The number of nitrogens with one attached hydrogen (secondary N) is 2. The lowest BCUT2D eigenvalue weighted by molar-refractivity contribution is -0.0352. The number of hydrogen-bond acceptors (Lipinski definition) is 3. The lowest BCUT2D eigenvalue weighted by Crippen LogP contribution is -2.60. The first kappa shape index (κ1) is 18.3. The molecule has 1 aliphatic heterocycles. The van der Waals surface area contributed by atoms with Gasteiger partial charge in [0, 0.05) is 57.7 Å². The van der Waals surface area contributed by atoms with Crippen LogP contribution >= 0.6 is 0 Å². The van der Waals surface area contributed by atoms with Gasteiger partial charge in [0.15, 0.2) is 5.96 Å². The van der Waals surface area contributed by atoms with E-state index >= 15 is 0 Å². The molecule has 0 bridgehead atoms. The van der Waals surface area contributed by atoms with Crippen molar-refractivity contribution < 1.29 is 4.74 Å². The maximum absolute atomic E-state index is 5.57. The smallest absolute Gasteiger partial charge is 0.191 e. The molecular weight excluding hydrogens is 314 g/mol. The van der Waals surface area contributed by atoms with Crippen molar-refractivity contribution in [3.8, 4) is 0 Å². The summed E-state index contributed by atoms with van der Waals surface area (Å²) in [4.78, 5) is 7.07. The molecule has 1 aliphatic carbocycles. The highest BCUT2D eigenvalue weighted by Gasteiger charge is 2.38. The highest BCUT2D eigenvalue weighted by Crippen LogP contribution is 2.33. The second kappa shape index (κ2) is 9.25. The Bertz CT molecular complexity index is 516. The summed E-state index contributed by atoms with van der Waals surface area (Å²) in [6.45, 7) is 6.64. The molecule has 0 spiro atoms. The Morgan fingerprint density at radius 2 is 1.80 bits per heavy atom. The van der Waals surface area contributed by atoms with Crippen LogP contribution in [0.2, 0.25) is 0 Å². The first-order valence-electron chi connectivity index (χ1n) is 9.70. The molecule has 0 atom stereocenters. The van der Waals surface area contributed by atoms with Crippen LogP contribution in [0.5, 0.6) is 0 Å². The van der Waals surface area contributed by atoms with E-state index in [1.165, 1.54) is 32.1 Å². The molecule has 1 saturated heterocycles. The molecule has 1 aromatic rings. The maximum atomic E-state index is 5.57. The summed E-state index contributed by atoms with van der Waals surface area (Å²) in [6, 6.07) is 4.12. The fourth-order valence-electron chi connectivity index (χ4n) is 4.14. The van der Waals surface area contributed by atoms with E-state index in [9.17, 15) is 0 Å². The minimum atomic E-state index is 0.264. The fraction of sp³-hybridized carbons (Fsp3) is 0.737. The number of ether oxygens (including phenoxy) is 1. The van der Waals surface area contributed by atoms with E-state index in [0.717, 1.165) is 51.9 Å². The van der Waals surface area contributed by atoms with Crippen LogP contribution in [0.3, 0.4) is 0 Å². The van der Waals surface area contributed by atoms with Gasteiger partial charge in [-0.25, -0.2) is 0 Å². The Labute approximate surface area is 151 Å². The molecule has 0 aromatic carbocycles.